The highest BCUT2D eigenvalue weighted by Crippen LogP contribution is 2.38. The highest BCUT2D eigenvalue weighted by atomic mass is 32.1. The molecule has 2 aromatic carbocycles. The van der Waals surface area contributed by atoms with Gasteiger partial charge in [0.2, 0.25) is 12.7 Å². The molecule has 6 nitrogen and oxygen atoms in total. The number of carbonyl (C=O) groups excluding carboxylic acids is 1. The fraction of sp³-hybridized carbons (Fsp3) is 0.0800. The zero-order chi connectivity index (χ0) is 21.5. The van der Waals surface area contributed by atoms with Crippen LogP contribution in [0.4, 0.5) is 5.95 Å². The SMILES string of the molecule is O=C1c2ccccc2-c2nc(NCc3ccc4c(c3)OCO4)nc(/C=C/c3cccs3)c21. The van der Waals surface area contributed by atoms with E-state index >= 15 is 0 Å². The van der Waals surface area contributed by atoms with E-state index in [-0.39, 0.29) is 12.6 Å². The number of nitrogens with zero attached hydrogens (tertiary/aromatic N) is 2. The number of anilines is 1. The molecule has 0 amide bonds. The maximum atomic E-state index is 13.1. The molecule has 0 radical (unpaired) electrons. The normalized spacial score (nSPS) is 13.4. The monoisotopic (exact) mass is 439 g/mol. The van der Waals surface area contributed by atoms with E-state index in [9.17, 15) is 4.79 Å². The third-order valence-corrected chi connectivity index (χ3v) is 6.26. The van der Waals surface area contributed by atoms with Gasteiger partial charge in [0, 0.05) is 22.5 Å². The molecule has 0 bridgehead atoms. The van der Waals surface area contributed by atoms with Crippen molar-refractivity contribution in [3.8, 4) is 22.8 Å². The minimum atomic E-state index is -0.0382. The summed E-state index contributed by atoms with van der Waals surface area (Å²) in [6, 6.07) is 17.4. The summed E-state index contributed by atoms with van der Waals surface area (Å²) < 4.78 is 10.8. The number of rotatable bonds is 5. The molecule has 156 valence electrons. The van der Waals surface area contributed by atoms with Crippen LogP contribution < -0.4 is 14.8 Å². The first-order chi connectivity index (χ1) is 15.8. The second-order valence-electron chi connectivity index (χ2n) is 7.42. The first-order valence-corrected chi connectivity index (χ1v) is 11.0. The third kappa shape index (κ3) is 3.23. The molecule has 32 heavy (non-hydrogen) atoms. The number of ketones is 1. The summed E-state index contributed by atoms with van der Waals surface area (Å²) in [6.45, 7) is 0.757. The molecular weight excluding hydrogens is 422 g/mol. The van der Waals surface area contributed by atoms with E-state index in [4.69, 9.17) is 14.5 Å². The summed E-state index contributed by atoms with van der Waals surface area (Å²) in [5.41, 5.74) is 4.35. The second-order valence-corrected chi connectivity index (χ2v) is 8.40. The molecule has 0 unspecified atom stereocenters. The summed E-state index contributed by atoms with van der Waals surface area (Å²) in [4.78, 5) is 23.6. The average molecular weight is 439 g/mol. The summed E-state index contributed by atoms with van der Waals surface area (Å²) in [5, 5.41) is 5.32. The van der Waals surface area contributed by atoms with Crippen LogP contribution in [0.5, 0.6) is 11.5 Å². The van der Waals surface area contributed by atoms with E-state index in [0.717, 1.165) is 27.5 Å². The molecule has 1 aliphatic heterocycles. The van der Waals surface area contributed by atoms with E-state index in [1.54, 1.807) is 11.3 Å². The Balaban J connectivity index is 1.37. The smallest absolute Gasteiger partial charge is 0.231 e. The minimum Gasteiger partial charge on any atom is -0.454 e. The molecule has 0 atom stereocenters. The van der Waals surface area contributed by atoms with Gasteiger partial charge in [0.05, 0.1) is 17.0 Å². The zero-order valence-electron chi connectivity index (χ0n) is 16.9. The maximum Gasteiger partial charge on any atom is 0.231 e. The molecule has 0 spiro atoms. The maximum absolute atomic E-state index is 13.1. The summed E-state index contributed by atoms with van der Waals surface area (Å²) in [5.74, 6) is 1.91. The lowest BCUT2D eigenvalue weighted by atomic mass is 10.1. The molecule has 6 rings (SSSR count). The van der Waals surface area contributed by atoms with Gasteiger partial charge in [-0.2, -0.15) is 0 Å². The first kappa shape index (κ1) is 18.8. The predicted molar refractivity (Wildman–Crippen MR) is 124 cm³/mol. The zero-order valence-corrected chi connectivity index (χ0v) is 17.7. The summed E-state index contributed by atoms with van der Waals surface area (Å²) >= 11 is 1.63. The minimum absolute atomic E-state index is 0.0382. The van der Waals surface area contributed by atoms with Crippen LogP contribution in [0.1, 0.15) is 32.1 Å². The van der Waals surface area contributed by atoms with Crippen LogP contribution in [0.15, 0.2) is 60.0 Å². The Morgan fingerprint density at radius 2 is 1.84 bits per heavy atom. The number of hydrogen-bond donors (Lipinski definition) is 1. The quantitative estimate of drug-likeness (QED) is 0.403. The molecule has 7 heteroatoms. The van der Waals surface area contributed by atoms with Gasteiger partial charge in [-0.25, -0.2) is 9.97 Å². The molecule has 1 N–H and O–H groups in total. The van der Waals surface area contributed by atoms with E-state index in [1.807, 2.05) is 72.1 Å². The van der Waals surface area contributed by atoms with Crippen molar-refractivity contribution in [1.82, 2.24) is 9.97 Å². The Bertz CT molecular complexity index is 1380. The van der Waals surface area contributed by atoms with Gasteiger partial charge in [0.1, 0.15) is 0 Å². The predicted octanol–water partition coefficient (Wildman–Crippen LogP) is 5.26. The lowest BCUT2D eigenvalue weighted by Crippen LogP contribution is -2.08. The Kier molecular flexibility index (Phi) is 4.47. The molecule has 4 aromatic rings. The van der Waals surface area contributed by atoms with Crippen LogP contribution in [0.25, 0.3) is 23.4 Å². The highest BCUT2D eigenvalue weighted by Gasteiger charge is 2.31. The fourth-order valence-electron chi connectivity index (χ4n) is 3.90. The number of carbonyl (C=O) groups is 1. The van der Waals surface area contributed by atoms with Crippen LogP contribution in [-0.2, 0) is 6.54 Å². The lowest BCUT2D eigenvalue weighted by molar-refractivity contribution is 0.104. The number of thiophene rings is 1. The van der Waals surface area contributed by atoms with Crippen molar-refractivity contribution < 1.29 is 14.3 Å². The third-order valence-electron chi connectivity index (χ3n) is 5.43. The van der Waals surface area contributed by atoms with Gasteiger partial charge < -0.3 is 14.8 Å². The van der Waals surface area contributed by atoms with Gasteiger partial charge >= 0.3 is 0 Å². The largest absolute Gasteiger partial charge is 0.454 e. The van der Waals surface area contributed by atoms with Crippen molar-refractivity contribution in [3.63, 3.8) is 0 Å². The van der Waals surface area contributed by atoms with Crippen molar-refractivity contribution in [1.29, 1.82) is 0 Å². The number of benzene rings is 2. The van der Waals surface area contributed by atoms with Gasteiger partial charge in [-0.1, -0.05) is 36.4 Å². The topological polar surface area (TPSA) is 73.3 Å². The van der Waals surface area contributed by atoms with Gasteiger partial charge in [-0.05, 0) is 41.3 Å². The Morgan fingerprint density at radius 1 is 0.969 bits per heavy atom. The average Bonchev–Trinajstić information content (AvgIpc) is 3.57. The Morgan fingerprint density at radius 3 is 2.72 bits per heavy atom. The van der Waals surface area contributed by atoms with E-state index in [2.05, 4.69) is 10.3 Å². The van der Waals surface area contributed by atoms with Gasteiger partial charge in [-0.15, -0.1) is 11.3 Å². The van der Waals surface area contributed by atoms with E-state index in [1.165, 1.54) is 0 Å². The van der Waals surface area contributed by atoms with Crippen LogP contribution >= 0.6 is 11.3 Å². The highest BCUT2D eigenvalue weighted by molar-refractivity contribution is 7.10. The van der Waals surface area contributed by atoms with Crippen molar-refractivity contribution in [2.75, 3.05) is 12.1 Å². The number of fused-ring (bicyclic) bond motifs is 4. The molecule has 0 fully saturated rings. The van der Waals surface area contributed by atoms with E-state index < -0.39 is 0 Å². The molecule has 3 heterocycles. The molecule has 2 aliphatic rings. The molecule has 0 saturated carbocycles. The van der Waals surface area contributed by atoms with Gasteiger partial charge in [0.25, 0.3) is 0 Å². The van der Waals surface area contributed by atoms with Gasteiger partial charge in [0.15, 0.2) is 17.3 Å². The van der Waals surface area contributed by atoms with E-state index in [0.29, 0.717) is 35.0 Å². The molecular formula is C25H17N3O3S. The van der Waals surface area contributed by atoms with Crippen molar-refractivity contribution >= 4 is 35.2 Å². The Hall–Kier alpha value is -3.97. The molecule has 0 saturated heterocycles. The number of ether oxygens (including phenoxy) is 2. The summed E-state index contributed by atoms with van der Waals surface area (Å²) in [7, 11) is 0. The van der Waals surface area contributed by atoms with Crippen molar-refractivity contribution in [2.24, 2.45) is 0 Å². The van der Waals surface area contributed by atoms with Crippen LogP contribution in [-0.4, -0.2) is 22.5 Å². The Labute approximate surface area is 188 Å². The van der Waals surface area contributed by atoms with Crippen molar-refractivity contribution in [2.45, 2.75) is 6.54 Å². The number of hydrogen-bond acceptors (Lipinski definition) is 7. The number of nitrogens with one attached hydrogen (secondary N) is 1. The molecule has 1 aliphatic carbocycles. The fourth-order valence-corrected chi connectivity index (χ4v) is 4.52. The first-order valence-electron chi connectivity index (χ1n) is 10.2. The second kappa shape index (κ2) is 7.62. The van der Waals surface area contributed by atoms with Crippen molar-refractivity contribution in [3.05, 3.63) is 87.2 Å². The van der Waals surface area contributed by atoms with Gasteiger partial charge in [-0.3, -0.25) is 4.79 Å². The van der Waals surface area contributed by atoms with Crippen LogP contribution in [0, 0.1) is 0 Å². The molecule has 2 aromatic heterocycles. The lowest BCUT2D eigenvalue weighted by Gasteiger charge is -2.10. The number of aromatic nitrogens is 2. The van der Waals surface area contributed by atoms with Crippen LogP contribution in [0.3, 0.4) is 0 Å². The standard InChI is InChI=1S/C25H17N3O3S/c29-24-18-6-2-1-5-17(18)23-22(24)19(9-8-16-4-3-11-32-16)27-25(28-23)26-13-15-7-10-20-21(12-15)31-14-30-20/h1-12H,13-14H2,(H,26,27,28)/b9-8+. The summed E-state index contributed by atoms with van der Waals surface area (Å²) in [6.07, 6.45) is 3.87. The van der Waals surface area contributed by atoms with Crippen LogP contribution in [0.2, 0.25) is 0 Å².